The van der Waals surface area contributed by atoms with Gasteiger partial charge in [0.2, 0.25) is 0 Å². The predicted octanol–water partition coefficient (Wildman–Crippen LogP) is 1.83. The SMILES string of the molecule is C=C1C=C(C)C(C)(C)N1. The van der Waals surface area contributed by atoms with Gasteiger partial charge in [0.15, 0.2) is 0 Å². The normalized spacial score (nSPS) is 23.4. The number of rotatable bonds is 0. The summed E-state index contributed by atoms with van der Waals surface area (Å²) in [5, 5.41) is 3.26. The Bertz CT molecular complexity index is 175. The molecule has 0 amide bonds. The molecule has 0 spiro atoms. The molecule has 50 valence electrons. The number of hydrogen-bond acceptors (Lipinski definition) is 1. The molecule has 0 aromatic carbocycles. The van der Waals surface area contributed by atoms with Crippen LogP contribution in [-0.2, 0) is 0 Å². The maximum Gasteiger partial charge on any atom is 0.0530 e. The topological polar surface area (TPSA) is 12.0 Å². The molecular weight excluding hydrogens is 110 g/mol. The Kier molecular flexibility index (Phi) is 1.16. The first-order valence-corrected chi connectivity index (χ1v) is 3.18. The summed E-state index contributed by atoms with van der Waals surface area (Å²) in [6, 6.07) is 0. The molecule has 0 aliphatic carbocycles. The van der Waals surface area contributed by atoms with Crippen molar-refractivity contribution in [2.24, 2.45) is 0 Å². The molecule has 0 saturated heterocycles. The second-order valence-corrected chi connectivity index (χ2v) is 3.10. The van der Waals surface area contributed by atoms with E-state index in [0.29, 0.717) is 0 Å². The Balaban J connectivity index is 2.89. The van der Waals surface area contributed by atoms with Crippen molar-refractivity contribution in [3.8, 4) is 0 Å². The first kappa shape index (κ1) is 6.40. The van der Waals surface area contributed by atoms with Gasteiger partial charge < -0.3 is 5.32 Å². The Labute approximate surface area is 56.5 Å². The molecule has 1 heteroatoms. The summed E-state index contributed by atoms with van der Waals surface area (Å²) in [5.41, 5.74) is 2.52. The van der Waals surface area contributed by atoms with Crippen LogP contribution in [0.1, 0.15) is 20.8 Å². The summed E-state index contributed by atoms with van der Waals surface area (Å²) in [5.74, 6) is 0. The average molecular weight is 123 g/mol. The van der Waals surface area contributed by atoms with Crippen LogP contribution in [0.5, 0.6) is 0 Å². The van der Waals surface area contributed by atoms with Crippen molar-refractivity contribution >= 4 is 0 Å². The third-order valence-electron chi connectivity index (χ3n) is 1.85. The monoisotopic (exact) mass is 123 g/mol. The van der Waals surface area contributed by atoms with E-state index in [1.54, 1.807) is 0 Å². The van der Waals surface area contributed by atoms with Gasteiger partial charge in [0.1, 0.15) is 0 Å². The van der Waals surface area contributed by atoms with Gasteiger partial charge in [0, 0.05) is 5.70 Å². The molecule has 1 aliphatic heterocycles. The van der Waals surface area contributed by atoms with Gasteiger partial charge in [0.05, 0.1) is 5.54 Å². The van der Waals surface area contributed by atoms with Crippen LogP contribution in [0.3, 0.4) is 0 Å². The predicted molar refractivity (Wildman–Crippen MR) is 40.1 cm³/mol. The summed E-state index contributed by atoms with van der Waals surface area (Å²) in [7, 11) is 0. The summed E-state index contributed by atoms with van der Waals surface area (Å²) < 4.78 is 0. The van der Waals surface area contributed by atoms with E-state index < -0.39 is 0 Å². The van der Waals surface area contributed by atoms with Gasteiger partial charge >= 0.3 is 0 Å². The van der Waals surface area contributed by atoms with E-state index in [2.05, 4.69) is 38.7 Å². The zero-order chi connectivity index (χ0) is 7.07. The molecule has 0 bridgehead atoms. The van der Waals surface area contributed by atoms with Crippen LogP contribution >= 0.6 is 0 Å². The Morgan fingerprint density at radius 3 is 2.22 bits per heavy atom. The molecule has 0 saturated carbocycles. The van der Waals surface area contributed by atoms with E-state index >= 15 is 0 Å². The van der Waals surface area contributed by atoms with Crippen molar-refractivity contribution in [1.29, 1.82) is 0 Å². The van der Waals surface area contributed by atoms with Gasteiger partial charge in [0.25, 0.3) is 0 Å². The van der Waals surface area contributed by atoms with E-state index in [0.717, 1.165) is 5.70 Å². The summed E-state index contributed by atoms with van der Waals surface area (Å²) in [6.45, 7) is 10.2. The minimum Gasteiger partial charge on any atom is -0.377 e. The second-order valence-electron chi connectivity index (χ2n) is 3.10. The third kappa shape index (κ3) is 0.995. The fourth-order valence-electron chi connectivity index (χ4n) is 0.978. The highest BCUT2D eigenvalue weighted by Crippen LogP contribution is 2.23. The maximum atomic E-state index is 3.81. The highest BCUT2D eigenvalue weighted by molar-refractivity contribution is 5.34. The van der Waals surface area contributed by atoms with Crippen LogP contribution in [0.4, 0.5) is 0 Å². The Hall–Kier alpha value is -0.720. The number of nitrogens with one attached hydrogen (secondary N) is 1. The van der Waals surface area contributed by atoms with Gasteiger partial charge in [-0.15, -0.1) is 0 Å². The highest BCUT2D eigenvalue weighted by atomic mass is 15.0. The van der Waals surface area contributed by atoms with Crippen molar-refractivity contribution < 1.29 is 0 Å². The van der Waals surface area contributed by atoms with Gasteiger partial charge in [-0.3, -0.25) is 0 Å². The van der Waals surface area contributed by atoms with Crippen molar-refractivity contribution in [3.63, 3.8) is 0 Å². The summed E-state index contributed by atoms with van der Waals surface area (Å²) in [4.78, 5) is 0. The summed E-state index contributed by atoms with van der Waals surface area (Å²) in [6.07, 6.45) is 2.08. The zero-order valence-electron chi connectivity index (χ0n) is 6.28. The lowest BCUT2D eigenvalue weighted by Gasteiger charge is -2.21. The molecule has 1 aliphatic rings. The lowest BCUT2D eigenvalue weighted by atomic mass is 9.99. The van der Waals surface area contributed by atoms with Crippen LogP contribution in [0.25, 0.3) is 0 Å². The lowest BCUT2D eigenvalue weighted by Crippen LogP contribution is -2.33. The van der Waals surface area contributed by atoms with E-state index in [-0.39, 0.29) is 5.54 Å². The molecule has 1 heterocycles. The number of allylic oxidation sites excluding steroid dienone is 1. The summed E-state index contributed by atoms with van der Waals surface area (Å²) >= 11 is 0. The Morgan fingerprint density at radius 1 is 1.56 bits per heavy atom. The fraction of sp³-hybridized carbons (Fsp3) is 0.500. The first-order chi connectivity index (χ1) is 4.02. The minimum atomic E-state index is 0.136. The molecule has 0 atom stereocenters. The quantitative estimate of drug-likeness (QED) is 0.518. The van der Waals surface area contributed by atoms with Gasteiger partial charge in [-0.1, -0.05) is 6.58 Å². The lowest BCUT2D eigenvalue weighted by molar-refractivity contribution is 0.534. The van der Waals surface area contributed by atoms with Crippen LogP contribution in [0.15, 0.2) is 23.9 Å². The van der Waals surface area contributed by atoms with Crippen molar-refractivity contribution in [1.82, 2.24) is 5.32 Å². The molecule has 9 heavy (non-hydrogen) atoms. The minimum absolute atomic E-state index is 0.136. The zero-order valence-corrected chi connectivity index (χ0v) is 6.28. The molecule has 1 N–H and O–H groups in total. The first-order valence-electron chi connectivity index (χ1n) is 3.18. The molecule has 0 unspecified atom stereocenters. The highest BCUT2D eigenvalue weighted by Gasteiger charge is 2.24. The largest absolute Gasteiger partial charge is 0.377 e. The van der Waals surface area contributed by atoms with Crippen LogP contribution in [0.2, 0.25) is 0 Å². The molecule has 0 aromatic heterocycles. The van der Waals surface area contributed by atoms with Crippen molar-refractivity contribution in [2.45, 2.75) is 26.3 Å². The van der Waals surface area contributed by atoms with Gasteiger partial charge in [-0.25, -0.2) is 0 Å². The molecule has 0 fully saturated rings. The molecule has 1 nitrogen and oxygen atoms in total. The fourth-order valence-corrected chi connectivity index (χ4v) is 0.978. The van der Waals surface area contributed by atoms with Crippen molar-refractivity contribution in [3.05, 3.63) is 23.9 Å². The van der Waals surface area contributed by atoms with Gasteiger partial charge in [-0.2, -0.15) is 0 Å². The second kappa shape index (κ2) is 1.63. The molecule has 0 aromatic rings. The average Bonchev–Trinajstić information content (AvgIpc) is 1.79. The van der Waals surface area contributed by atoms with Crippen LogP contribution in [-0.4, -0.2) is 5.54 Å². The molecule has 0 radical (unpaired) electrons. The van der Waals surface area contributed by atoms with E-state index in [9.17, 15) is 0 Å². The van der Waals surface area contributed by atoms with Crippen molar-refractivity contribution in [2.75, 3.05) is 0 Å². The molecule has 1 rings (SSSR count). The molecular formula is C8H13N. The van der Waals surface area contributed by atoms with Gasteiger partial charge in [-0.05, 0) is 32.4 Å². The van der Waals surface area contributed by atoms with Crippen LogP contribution < -0.4 is 5.32 Å². The standard InChI is InChI=1S/C8H13N/c1-6-5-7(2)9-8(6,3)4/h5,9H,2H2,1,3-4H3. The van der Waals surface area contributed by atoms with E-state index in [4.69, 9.17) is 0 Å². The maximum absolute atomic E-state index is 3.81. The van der Waals surface area contributed by atoms with Crippen LogP contribution in [0, 0.1) is 0 Å². The third-order valence-corrected chi connectivity index (χ3v) is 1.85. The van der Waals surface area contributed by atoms with E-state index in [1.807, 2.05) is 0 Å². The van der Waals surface area contributed by atoms with E-state index in [1.165, 1.54) is 5.57 Å². The Morgan fingerprint density at radius 2 is 2.11 bits per heavy atom. The number of hydrogen-bond donors (Lipinski definition) is 1. The smallest absolute Gasteiger partial charge is 0.0530 e.